The Bertz CT molecular complexity index is 1220. The summed E-state index contributed by atoms with van der Waals surface area (Å²) < 4.78 is 6.53. The summed E-state index contributed by atoms with van der Waals surface area (Å²) in [5, 5.41) is 18.3. The summed E-state index contributed by atoms with van der Waals surface area (Å²) in [6, 6.07) is 16.7. The Morgan fingerprint density at radius 2 is 1.97 bits per heavy atom. The van der Waals surface area contributed by atoms with Crippen molar-refractivity contribution in [1.82, 2.24) is 4.98 Å². The molecule has 4 rings (SSSR count). The summed E-state index contributed by atoms with van der Waals surface area (Å²) in [6.45, 7) is 3.10. The minimum absolute atomic E-state index is 0. The molecule has 0 bridgehead atoms. The molecule has 0 saturated carbocycles. The van der Waals surface area contributed by atoms with Crippen molar-refractivity contribution in [2.24, 2.45) is 0 Å². The van der Waals surface area contributed by atoms with E-state index in [9.17, 15) is 4.79 Å². The van der Waals surface area contributed by atoms with E-state index in [0.29, 0.717) is 16.2 Å². The molecule has 2 aromatic heterocycles. The third kappa shape index (κ3) is 6.24. The van der Waals surface area contributed by atoms with Gasteiger partial charge in [-0.15, -0.1) is 12.1 Å². The number of aliphatic hydroxyl groups is 2. The molecule has 0 saturated heterocycles. The number of anilines is 1. The van der Waals surface area contributed by atoms with Crippen LogP contribution in [-0.4, -0.2) is 35.4 Å². The van der Waals surface area contributed by atoms with Crippen LogP contribution in [0.5, 0.6) is 0 Å². The first-order chi connectivity index (χ1) is 14.2. The molecule has 1 radical (unpaired) electrons. The maximum absolute atomic E-state index is 12.3. The second-order valence-corrected chi connectivity index (χ2v) is 8.03. The van der Waals surface area contributed by atoms with E-state index in [4.69, 9.17) is 14.6 Å². The summed E-state index contributed by atoms with van der Waals surface area (Å²) in [5.41, 5.74) is 2.36. The van der Waals surface area contributed by atoms with E-state index >= 15 is 0 Å². The SMILES string of the molecule is C/C(O)=C/C(C)O.CN(C)c1ccc2[c-]c(-c3nc4ccccc4s3)c(=O)oc2c1.[Ir]. The van der Waals surface area contributed by atoms with Gasteiger partial charge in [-0.2, -0.15) is 11.3 Å². The van der Waals surface area contributed by atoms with Crippen molar-refractivity contribution in [3.05, 3.63) is 70.8 Å². The van der Waals surface area contributed by atoms with Gasteiger partial charge in [0.25, 0.3) is 5.63 Å². The first kappa shape index (κ1) is 24.8. The number of nitrogens with zero attached hydrogens (tertiary/aromatic N) is 2. The van der Waals surface area contributed by atoms with E-state index in [1.165, 1.54) is 24.3 Å². The fraction of sp³-hybridized carbons (Fsp3) is 0.217. The van der Waals surface area contributed by atoms with Gasteiger partial charge in [-0.3, -0.25) is 9.78 Å². The van der Waals surface area contributed by atoms with E-state index in [2.05, 4.69) is 11.1 Å². The van der Waals surface area contributed by atoms with Crippen molar-refractivity contribution in [2.45, 2.75) is 20.0 Å². The zero-order chi connectivity index (χ0) is 21.8. The van der Waals surface area contributed by atoms with E-state index in [-0.39, 0.29) is 25.9 Å². The molecule has 0 aliphatic heterocycles. The summed E-state index contributed by atoms with van der Waals surface area (Å²) in [6.07, 6.45) is 0.824. The van der Waals surface area contributed by atoms with E-state index in [1.807, 2.05) is 61.5 Å². The zero-order valence-electron chi connectivity index (χ0n) is 17.5. The second-order valence-electron chi connectivity index (χ2n) is 7.00. The van der Waals surface area contributed by atoms with Crippen LogP contribution in [0.3, 0.4) is 0 Å². The Balaban J connectivity index is 0.000000373. The van der Waals surface area contributed by atoms with Gasteiger partial charge in [0.05, 0.1) is 28.0 Å². The van der Waals surface area contributed by atoms with Crippen LogP contribution in [0.25, 0.3) is 31.8 Å². The van der Waals surface area contributed by atoms with E-state index in [0.717, 1.165) is 21.3 Å². The fourth-order valence-corrected chi connectivity index (χ4v) is 3.74. The predicted octanol–water partition coefficient (Wildman–Crippen LogP) is 4.76. The summed E-state index contributed by atoms with van der Waals surface area (Å²) in [4.78, 5) is 18.8. The average Bonchev–Trinajstić information content (AvgIpc) is 3.10. The average molecular weight is 616 g/mol. The molecular weight excluding hydrogens is 593 g/mol. The van der Waals surface area contributed by atoms with Gasteiger partial charge in [0.15, 0.2) is 0 Å². The molecule has 2 aromatic carbocycles. The van der Waals surface area contributed by atoms with Crippen LogP contribution in [0.15, 0.2) is 63.5 Å². The quantitative estimate of drug-likeness (QED) is 0.196. The molecule has 0 fully saturated rings. The molecule has 0 aliphatic carbocycles. The third-order valence-electron chi connectivity index (χ3n) is 4.14. The maximum Gasteiger partial charge on any atom is 0.269 e. The molecule has 165 valence electrons. The Labute approximate surface area is 197 Å². The molecule has 6 nitrogen and oxygen atoms in total. The van der Waals surface area contributed by atoms with Gasteiger partial charge < -0.3 is 19.5 Å². The molecule has 4 aromatic rings. The number of rotatable bonds is 3. The number of para-hydroxylation sites is 1. The first-order valence-electron chi connectivity index (χ1n) is 9.33. The molecule has 0 spiro atoms. The number of aliphatic hydroxyl groups excluding tert-OH is 2. The molecule has 31 heavy (non-hydrogen) atoms. The molecule has 1 unspecified atom stereocenters. The Morgan fingerprint density at radius 1 is 1.26 bits per heavy atom. The summed E-state index contributed by atoms with van der Waals surface area (Å²) >= 11 is 1.47. The number of benzene rings is 2. The maximum atomic E-state index is 12.3. The minimum atomic E-state index is -0.537. The molecular formula is C23H23IrN2O4S-. The monoisotopic (exact) mass is 616 g/mol. The van der Waals surface area contributed by atoms with Crippen LogP contribution in [0.4, 0.5) is 5.69 Å². The van der Waals surface area contributed by atoms with Gasteiger partial charge in [-0.25, -0.2) is 0 Å². The topological polar surface area (TPSA) is 86.8 Å². The predicted molar refractivity (Wildman–Crippen MR) is 122 cm³/mol. The minimum Gasteiger partial charge on any atom is -0.513 e. The molecule has 1 atom stereocenters. The van der Waals surface area contributed by atoms with Gasteiger partial charge in [0.1, 0.15) is 0 Å². The van der Waals surface area contributed by atoms with Crippen LogP contribution in [0.1, 0.15) is 13.8 Å². The largest absolute Gasteiger partial charge is 0.513 e. The molecule has 2 N–H and O–H groups in total. The van der Waals surface area contributed by atoms with Crippen LogP contribution in [0, 0.1) is 6.07 Å². The smallest absolute Gasteiger partial charge is 0.269 e. The van der Waals surface area contributed by atoms with Crippen LogP contribution in [-0.2, 0) is 20.1 Å². The normalized spacial score (nSPS) is 12.1. The fourth-order valence-electron chi connectivity index (χ4n) is 2.78. The Hall–Kier alpha value is -2.51. The third-order valence-corrected chi connectivity index (χ3v) is 5.19. The standard InChI is InChI=1S/C18H13N2O2S.C5H10O2.Ir/c1-20(2)12-8-7-11-9-13(18(21)22-15(11)10-12)17-19-14-5-3-4-6-16(14)23-17;1-4(6)3-5(2)7;/h3-8,10H,1-2H3;3-4,6-7H,1-2H3;/q-1;;/b;5-3-;. The van der Waals surface area contributed by atoms with Crippen LogP contribution >= 0.6 is 11.3 Å². The van der Waals surface area contributed by atoms with Gasteiger partial charge in [-0.05, 0) is 43.7 Å². The van der Waals surface area contributed by atoms with E-state index < -0.39 is 11.7 Å². The molecule has 0 amide bonds. The number of fused-ring (bicyclic) bond motifs is 2. The van der Waals surface area contributed by atoms with Crippen molar-refractivity contribution < 1.29 is 34.7 Å². The number of hydrogen-bond donors (Lipinski definition) is 2. The van der Waals surface area contributed by atoms with Crippen molar-refractivity contribution in [3.8, 4) is 10.6 Å². The first-order valence-corrected chi connectivity index (χ1v) is 10.1. The van der Waals surface area contributed by atoms with Gasteiger partial charge in [-0.1, -0.05) is 23.6 Å². The number of allylic oxidation sites excluding steroid dienone is 1. The van der Waals surface area contributed by atoms with Crippen molar-refractivity contribution >= 4 is 38.2 Å². The molecule has 8 heteroatoms. The zero-order valence-corrected chi connectivity index (χ0v) is 20.8. The van der Waals surface area contributed by atoms with Gasteiger partial charge in [0, 0.05) is 44.6 Å². The number of aromatic nitrogens is 1. The summed E-state index contributed by atoms with van der Waals surface area (Å²) in [5.74, 6) is 0.162. The van der Waals surface area contributed by atoms with Gasteiger partial charge >= 0.3 is 0 Å². The molecule has 2 heterocycles. The number of hydrogen-bond acceptors (Lipinski definition) is 7. The Morgan fingerprint density at radius 3 is 2.55 bits per heavy atom. The van der Waals surface area contributed by atoms with Crippen molar-refractivity contribution in [1.29, 1.82) is 0 Å². The van der Waals surface area contributed by atoms with E-state index in [1.54, 1.807) is 6.92 Å². The van der Waals surface area contributed by atoms with Crippen LogP contribution in [0.2, 0.25) is 0 Å². The summed E-state index contributed by atoms with van der Waals surface area (Å²) in [7, 11) is 3.89. The van der Waals surface area contributed by atoms with Crippen molar-refractivity contribution in [2.75, 3.05) is 19.0 Å². The second kappa shape index (κ2) is 10.7. The van der Waals surface area contributed by atoms with Crippen molar-refractivity contribution in [3.63, 3.8) is 0 Å². The number of thiazole rings is 1. The van der Waals surface area contributed by atoms with Gasteiger partial charge in [0.2, 0.25) is 0 Å². The molecule has 0 aliphatic rings. The van der Waals surface area contributed by atoms with Crippen LogP contribution < -0.4 is 10.5 Å². The Kier molecular flexibility index (Phi) is 8.53.